The molecule has 0 spiro atoms. The molecule has 0 fully saturated rings. The van der Waals surface area contributed by atoms with Crippen LogP contribution in [0.2, 0.25) is 0 Å². The number of ether oxygens (including phenoxy) is 1. The minimum Gasteiger partial charge on any atom is -0.465 e. The van der Waals surface area contributed by atoms with Crippen molar-refractivity contribution in [3.05, 3.63) is 83.9 Å². The fourth-order valence-corrected chi connectivity index (χ4v) is 4.28. The molecule has 1 heterocycles. The van der Waals surface area contributed by atoms with Crippen LogP contribution in [0, 0.1) is 0 Å². The maximum absolute atomic E-state index is 11.6. The van der Waals surface area contributed by atoms with Crippen LogP contribution in [0.3, 0.4) is 0 Å². The number of hydrogen-bond acceptors (Lipinski definition) is 4. The van der Waals surface area contributed by atoms with Crippen LogP contribution in [-0.2, 0) is 11.2 Å². The summed E-state index contributed by atoms with van der Waals surface area (Å²) in [6.07, 6.45) is 0.898. The molecule has 0 amide bonds. The molecule has 1 aliphatic rings. The zero-order chi connectivity index (χ0) is 17.9. The van der Waals surface area contributed by atoms with Crippen LogP contribution in [0.4, 0.5) is 11.4 Å². The molecular weight excluding hydrogens is 342 g/mol. The molecule has 3 aromatic carbocycles. The fourth-order valence-electron chi connectivity index (χ4n) is 3.19. The highest BCUT2D eigenvalue weighted by atomic mass is 32.2. The number of anilines is 2. The van der Waals surface area contributed by atoms with E-state index in [1.165, 1.54) is 33.8 Å². The molecular formula is C22H19NO2S. The third kappa shape index (κ3) is 3.20. The first-order valence-corrected chi connectivity index (χ1v) is 9.38. The lowest BCUT2D eigenvalue weighted by Crippen LogP contribution is -2.23. The molecule has 0 saturated carbocycles. The zero-order valence-corrected chi connectivity index (χ0v) is 15.3. The number of esters is 1. The molecule has 0 aliphatic carbocycles. The van der Waals surface area contributed by atoms with Crippen LogP contribution in [0.25, 0.3) is 0 Å². The highest BCUT2D eigenvalue weighted by molar-refractivity contribution is 7.99. The number of methoxy groups -OCH3 is 1. The van der Waals surface area contributed by atoms with Gasteiger partial charge < -0.3 is 9.64 Å². The number of nitrogens with zero attached hydrogens (tertiary/aromatic N) is 1. The van der Waals surface area contributed by atoms with Gasteiger partial charge in [0.05, 0.1) is 24.0 Å². The van der Waals surface area contributed by atoms with Gasteiger partial charge in [-0.3, -0.25) is 0 Å². The standard InChI is InChI=1S/C22H19NO2S/c1-25-22(24)17-12-10-16(11-13-17)14-15-23-18-6-2-4-8-20(18)26-21-9-5-3-7-19(21)23/h2-13H,14-15H2,1H3. The van der Waals surface area contributed by atoms with Crippen molar-refractivity contribution in [1.29, 1.82) is 0 Å². The summed E-state index contributed by atoms with van der Waals surface area (Å²) in [7, 11) is 1.40. The Morgan fingerprint density at radius 1 is 0.885 bits per heavy atom. The zero-order valence-electron chi connectivity index (χ0n) is 14.5. The van der Waals surface area contributed by atoms with Crippen LogP contribution in [0.1, 0.15) is 15.9 Å². The average molecular weight is 361 g/mol. The molecule has 0 saturated heterocycles. The Balaban J connectivity index is 1.57. The highest BCUT2D eigenvalue weighted by Gasteiger charge is 2.22. The summed E-state index contributed by atoms with van der Waals surface area (Å²) in [5.41, 5.74) is 4.29. The van der Waals surface area contributed by atoms with Gasteiger partial charge in [-0.05, 0) is 48.4 Å². The van der Waals surface area contributed by atoms with E-state index in [2.05, 4.69) is 53.4 Å². The molecule has 4 rings (SSSR count). The van der Waals surface area contributed by atoms with Crippen molar-refractivity contribution < 1.29 is 9.53 Å². The van der Waals surface area contributed by atoms with E-state index in [1.807, 2.05) is 36.0 Å². The van der Waals surface area contributed by atoms with Crippen molar-refractivity contribution >= 4 is 29.1 Å². The third-order valence-electron chi connectivity index (χ3n) is 4.53. The van der Waals surface area contributed by atoms with Gasteiger partial charge in [0.15, 0.2) is 0 Å². The van der Waals surface area contributed by atoms with Crippen molar-refractivity contribution in [3.8, 4) is 0 Å². The maximum atomic E-state index is 11.6. The SMILES string of the molecule is COC(=O)c1ccc(CCN2c3ccccc3Sc3ccccc32)cc1. The molecule has 26 heavy (non-hydrogen) atoms. The van der Waals surface area contributed by atoms with Crippen LogP contribution in [-0.4, -0.2) is 19.6 Å². The number of benzene rings is 3. The van der Waals surface area contributed by atoms with Gasteiger partial charge in [-0.25, -0.2) is 4.79 Å². The van der Waals surface area contributed by atoms with Crippen molar-refractivity contribution in [1.82, 2.24) is 0 Å². The largest absolute Gasteiger partial charge is 0.465 e. The highest BCUT2D eigenvalue weighted by Crippen LogP contribution is 2.47. The topological polar surface area (TPSA) is 29.5 Å². The molecule has 0 bridgehead atoms. The lowest BCUT2D eigenvalue weighted by atomic mass is 10.1. The van der Waals surface area contributed by atoms with Crippen LogP contribution in [0.15, 0.2) is 82.6 Å². The molecule has 0 radical (unpaired) electrons. The van der Waals surface area contributed by atoms with E-state index in [9.17, 15) is 4.79 Å². The summed E-state index contributed by atoms with van der Waals surface area (Å²) in [4.78, 5) is 16.5. The number of para-hydroxylation sites is 2. The Bertz CT molecular complexity index is 891. The van der Waals surface area contributed by atoms with Gasteiger partial charge in [0, 0.05) is 16.3 Å². The average Bonchev–Trinajstić information content (AvgIpc) is 2.71. The predicted octanol–water partition coefficient (Wildman–Crippen LogP) is 5.32. The second-order valence-corrected chi connectivity index (χ2v) is 7.21. The first kappa shape index (κ1) is 16.7. The second-order valence-electron chi connectivity index (χ2n) is 6.13. The van der Waals surface area contributed by atoms with E-state index in [0.717, 1.165) is 13.0 Å². The summed E-state index contributed by atoms with van der Waals surface area (Å²) in [5, 5.41) is 0. The second kappa shape index (κ2) is 7.26. The lowest BCUT2D eigenvalue weighted by Gasteiger charge is -2.32. The summed E-state index contributed by atoms with van der Waals surface area (Å²) >= 11 is 1.82. The first-order chi connectivity index (χ1) is 12.8. The van der Waals surface area contributed by atoms with E-state index >= 15 is 0 Å². The van der Waals surface area contributed by atoms with Gasteiger partial charge in [-0.2, -0.15) is 0 Å². The van der Waals surface area contributed by atoms with Crippen LogP contribution >= 0.6 is 11.8 Å². The molecule has 1 aliphatic heterocycles. The lowest BCUT2D eigenvalue weighted by molar-refractivity contribution is 0.0600. The molecule has 0 unspecified atom stereocenters. The van der Waals surface area contributed by atoms with Gasteiger partial charge >= 0.3 is 5.97 Å². The molecule has 3 aromatic rings. The molecule has 4 heteroatoms. The predicted molar refractivity (Wildman–Crippen MR) is 105 cm³/mol. The van der Waals surface area contributed by atoms with E-state index < -0.39 is 0 Å². The van der Waals surface area contributed by atoms with E-state index in [1.54, 1.807) is 0 Å². The Labute approximate surface area is 157 Å². The summed E-state index contributed by atoms with van der Waals surface area (Å²) < 4.78 is 4.76. The van der Waals surface area contributed by atoms with Crippen molar-refractivity contribution in [2.75, 3.05) is 18.6 Å². The molecule has 0 aromatic heterocycles. The quantitative estimate of drug-likeness (QED) is 0.588. The van der Waals surface area contributed by atoms with Gasteiger partial charge in [-0.1, -0.05) is 48.2 Å². The van der Waals surface area contributed by atoms with Gasteiger partial charge in [0.25, 0.3) is 0 Å². The minimum atomic E-state index is -0.299. The van der Waals surface area contributed by atoms with E-state index in [4.69, 9.17) is 4.74 Å². The van der Waals surface area contributed by atoms with E-state index in [-0.39, 0.29) is 5.97 Å². The van der Waals surface area contributed by atoms with Gasteiger partial charge in [0.1, 0.15) is 0 Å². The minimum absolute atomic E-state index is 0.299. The number of hydrogen-bond donors (Lipinski definition) is 0. The van der Waals surface area contributed by atoms with Crippen molar-refractivity contribution in [2.45, 2.75) is 16.2 Å². The molecule has 0 N–H and O–H groups in total. The Morgan fingerprint density at radius 3 is 2.04 bits per heavy atom. The van der Waals surface area contributed by atoms with Crippen molar-refractivity contribution in [2.24, 2.45) is 0 Å². The van der Waals surface area contributed by atoms with Gasteiger partial charge in [0.2, 0.25) is 0 Å². The number of fused-ring (bicyclic) bond motifs is 2. The molecule has 130 valence electrons. The Morgan fingerprint density at radius 2 is 1.46 bits per heavy atom. The fraction of sp³-hybridized carbons (Fsp3) is 0.136. The number of carbonyl (C=O) groups excluding carboxylic acids is 1. The van der Waals surface area contributed by atoms with Crippen molar-refractivity contribution in [3.63, 3.8) is 0 Å². The molecule has 0 atom stereocenters. The van der Waals surface area contributed by atoms with Gasteiger partial charge in [-0.15, -0.1) is 0 Å². The first-order valence-electron chi connectivity index (χ1n) is 8.57. The number of rotatable bonds is 4. The summed E-state index contributed by atoms with van der Waals surface area (Å²) in [5.74, 6) is -0.299. The summed E-state index contributed by atoms with van der Waals surface area (Å²) in [6.45, 7) is 0.881. The van der Waals surface area contributed by atoms with E-state index in [0.29, 0.717) is 5.56 Å². The Kier molecular flexibility index (Phi) is 4.67. The maximum Gasteiger partial charge on any atom is 0.337 e. The summed E-state index contributed by atoms with van der Waals surface area (Å²) in [6, 6.07) is 24.7. The monoisotopic (exact) mass is 361 g/mol. The number of carbonyl (C=O) groups is 1. The molecule has 3 nitrogen and oxygen atoms in total. The van der Waals surface area contributed by atoms with Crippen LogP contribution < -0.4 is 4.90 Å². The Hall–Kier alpha value is -2.72. The third-order valence-corrected chi connectivity index (χ3v) is 5.66. The van der Waals surface area contributed by atoms with Crippen LogP contribution in [0.5, 0.6) is 0 Å². The smallest absolute Gasteiger partial charge is 0.337 e. The normalized spacial score (nSPS) is 12.3.